The fourth-order valence-corrected chi connectivity index (χ4v) is 2.29. The number of hydrogen-bond donors (Lipinski definition) is 2. The molecule has 29 heavy (non-hydrogen) atoms. The van der Waals surface area contributed by atoms with Crippen LogP contribution in [0, 0.1) is 0 Å². The van der Waals surface area contributed by atoms with Crippen molar-refractivity contribution in [3.05, 3.63) is 59.2 Å². The Kier molecular flexibility index (Phi) is 6.52. The van der Waals surface area contributed by atoms with Crippen LogP contribution < -0.4 is 10.6 Å². The number of ether oxygens (including phenoxy) is 1. The third-order valence-corrected chi connectivity index (χ3v) is 3.53. The summed E-state index contributed by atoms with van der Waals surface area (Å²) < 4.78 is 82.1. The highest BCUT2D eigenvalue weighted by Crippen LogP contribution is 2.36. The van der Waals surface area contributed by atoms with Gasteiger partial charge in [-0.05, 0) is 36.4 Å². The summed E-state index contributed by atoms with van der Waals surface area (Å²) in [7, 11) is 1.31. The predicted octanol–water partition coefficient (Wildman–Crippen LogP) is 4.56. The summed E-state index contributed by atoms with van der Waals surface area (Å²) in [4.78, 5) is 23.7. The lowest BCUT2D eigenvalue weighted by Crippen LogP contribution is -2.18. The molecular weight excluding hydrogens is 406 g/mol. The number of nitrogens with one attached hydrogen (secondary N) is 2. The molecule has 11 heteroatoms. The number of amides is 2. The van der Waals surface area contributed by atoms with Crippen molar-refractivity contribution in [2.45, 2.75) is 12.4 Å². The zero-order valence-electron chi connectivity index (χ0n) is 14.7. The van der Waals surface area contributed by atoms with E-state index in [1.807, 2.05) is 0 Å². The van der Waals surface area contributed by atoms with Gasteiger partial charge in [0.25, 0.3) is 5.91 Å². The van der Waals surface area contributed by atoms with Gasteiger partial charge in [0.2, 0.25) is 5.91 Å². The van der Waals surface area contributed by atoms with Gasteiger partial charge in [0.05, 0.1) is 11.1 Å². The molecule has 2 aromatic rings. The van der Waals surface area contributed by atoms with Gasteiger partial charge in [-0.2, -0.15) is 26.3 Å². The summed E-state index contributed by atoms with van der Waals surface area (Å²) >= 11 is 0. The molecule has 2 amide bonds. The van der Waals surface area contributed by atoms with Gasteiger partial charge in [0, 0.05) is 24.0 Å². The summed E-state index contributed by atoms with van der Waals surface area (Å²) in [6.45, 7) is -0.235. The highest BCUT2D eigenvalue weighted by Gasteiger charge is 2.37. The topological polar surface area (TPSA) is 67.4 Å². The van der Waals surface area contributed by atoms with Crippen molar-refractivity contribution in [2.75, 3.05) is 24.4 Å². The fraction of sp³-hybridized carbons (Fsp3) is 0.222. The molecule has 0 aliphatic carbocycles. The standard InChI is InChI=1S/C18H14F6N2O3/c1-29-9-15(27)25-13-3-2-4-14(8-13)26-16(28)10-5-11(17(19,20)21)7-12(6-10)18(22,23)24/h2-8H,9H2,1H3,(H,25,27)(H,26,28). The summed E-state index contributed by atoms with van der Waals surface area (Å²) in [5.41, 5.74) is -3.72. The van der Waals surface area contributed by atoms with Gasteiger partial charge in [-0.25, -0.2) is 0 Å². The Hall–Kier alpha value is -3.08. The number of carbonyl (C=O) groups excluding carboxylic acids is 2. The van der Waals surface area contributed by atoms with Crippen LogP contribution in [-0.4, -0.2) is 25.5 Å². The van der Waals surface area contributed by atoms with Gasteiger partial charge >= 0.3 is 12.4 Å². The largest absolute Gasteiger partial charge is 0.416 e. The molecule has 0 saturated heterocycles. The quantitative estimate of drug-likeness (QED) is 0.697. The Balaban J connectivity index is 2.30. The molecular formula is C18H14F6N2O3. The molecule has 2 aromatic carbocycles. The summed E-state index contributed by atoms with van der Waals surface area (Å²) in [6, 6.07) is 6.11. The smallest absolute Gasteiger partial charge is 0.375 e. The molecule has 2 rings (SSSR count). The highest BCUT2D eigenvalue weighted by atomic mass is 19.4. The van der Waals surface area contributed by atoms with Crippen molar-refractivity contribution in [3.63, 3.8) is 0 Å². The maximum Gasteiger partial charge on any atom is 0.416 e. The number of anilines is 2. The normalized spacial score (nSPS) is 11.8. The molecule has 156 valence electrons. The lowest BCUT2D eigenvalue weighted by atomic mass is 10.0. The van der Waals surface area contributed by atoms with Crippen LogP contribution in [0.3, 0.4) is 0 Å². The molecule has 0 aromatic heterocycles. The molecule has 0 radical (unpaired) electrons. The molecule has 0 fully saturated rings. The third-order valence-electron chi connectivity index (χ3n) is 3.53. The molecule has 0 aliphatic rings. The Morgan fingerprint density at radius 2 is 1.38 bits per heavy atom. The maximum absolute atomic E-state index is 12.9. The van der Waals surface area contributed by atoms with E-state index in [9.17, 15) is 35.9 Å². The van der Waals surface area contributed by atoms with Gasteiger partial charge in [0.15, 0.2) is 0 Å². The zero-order chi connectivity index (χ0) is 21.8. The number of hydrogen-bond acceptors (Lipinski definition) is 3. The molecule has 0 unspecified atom stereocenters. The van der Waals surface area contributed by atoms with Crippen molar-refractivity contribution in [2.24, 2.45) is 0 Å². The molecule has 0 bridgehead atoms. The van der Waals surface area contributed by atoms with Crippen LogP contribution in [0.15, 0.2) is 42.5 Å². The van der Waals surface area contributed by atoms with E-state index in [1.165, 1.54) is 31.4 Å². The second-order valence-corrected chi connectivity index (χ2v) is 5.81. The second-order valence-electron chi connectivity index (χ2n) is 5.81. The minimum atomic E-state index is -5.07. The maximum atomic E-state index is 12.9. The number of carbonyl (C=O) groups is 2. The van der Waals surface area contributed by atoms with Crippen molar-refractivity contribution in [1.82, 2.24) is 0 Å². The van der Waals surface area contributed by atoms with Crippen LogP contribution in [0.2, 0.25) is 0 Å². The van der Waals surface area contributed by atoms with Crippen molar-refractivity contribution < 1.29 is 40.7 Å². The molecule has 0 saturated carbocycles. The molecule has 2 N–H and O–H groups in total. The SMILES string of the molecule is COCC(=O)Nc1cccc(NC(=O)c2cc(C(F)(F)F)cc(C(F)(F)F)c2)c1. The Bertz CT molecular complexity index is 877. The van der Waals surface area contributed by atoms with Gasteiger partial charge in [-0.3, -0.25) is 9.59 Å². The predicted molar refractivity (Wildman–Crippen MR) is 91.3 cm³/mol. The van der Waals surface area contributed by atoms with E-state index in [1.54, 1.807) is 0 Å². The van der Waals surface area contributed by atoms with Crippen LogP contribution in [-0.2, 0) is 21.9 Å². The van der Waals surface area contributed by atoms with Crippen LogP contribution in [0.5, 0.6) is 0 Å². The lowest BCUT2D eigenvalue weighted by molar-refractivity contribution is -0.143. The first-order valence-corrected chi connectivity index (χ1v) is 7.90. The van der Waals surface area contributed by atoms with Crippen LogP contribution in [0.4, 0.5) is 37.7 Å². The number of benzene rings is 2. The van der Waals surface area contributed by atoms with E-state index in [4.69, 9.17) is 0 Å². The highest BCUT2D eigenvalue weighted by molar-refractivity contribution is 6.05. The Labute approximate surface area is 160 Å². The average Bonchev–Trinajstić information content (AvgIpc) is 2.60. The van der Waals surface area contributed by atoms with E-state index in [0.717, 1.165) is 0 Å². The average molecular weight is 420 g/mol. The van der Waals surface area contributed by atoms with Gasteiger partial charge in [0.1, 0.15) is 6.61 Å². The first-order valence-electron chi connectivity index (χ1n) is 7.90. The monoisotopic (exact) mass is 420 g/mol. The minimum Gasteiger partial charge on any atom is -0.375 e. The van der Waals surface area contributed by atoms with E-state index in [2.05, 4.69) is 15.4 Å². The summed E-state index contributed by atoms with van der Waals surface area (Å²) in [6.07, 6.45) is -10.1. The lowest BCUT2D eigenvalue weighted by Gasteiger charge is -2.14. The van der Waals surface area contributed by atoms with Gasteiger partial charge in [-0.1, -0.05) is 6.07 Å². The first kappa shape index (κ1) is 22.2. The molecule has 0 aliphatic heterocycles. The number of alkyl halides is 6. The van der Waals surface area contributed by atoms with Crippen molar-refractivity contribution >= 4 is 23.2 Å². The molecule has 0 spiro atoms. The van der Waals surface area contributed by atoms with Gasteiger partial charge < -0.3 is 15.4 Å². The molecule has 0 atom stereocenters. The molecule has 0 heterocycles. The van der Waals surface area contributed by atoms with E-state index >= 15 is 0 Å². The summed E-state index contributed by atoms with van der Waals surface area (Å²) in [5.74, 6) is -1.68. The first-order chi connectivity index (χ1) is 13.4. The number of rotatable bonds is 5. The van der Waals surface area contributed by atoms with Crippen molar-refractivity contribution in [1.29, 1.82) is 0 Å². The second kappa shape index (κ2) is 8.52. The van der Waals surface area contributed by atoms with Crippen LogP contribution >= 0.6 is 0 Å². The fourth-order valence-electron chi connectivity index (χ4n) is 2.29. The van der Waals surface area contributed by atoms with Crippen LogP contribution in [0.25, 0.3) is 0 Å². The Morgan fingerprint density at radius 3 is 1.86 bits per heavy atom. The summed E-state index contributed by atoms with van der Waals surface area (Å²) in [5, 5.41) is 4.65. The van der Waals surface area contributed by atoms with E-state index in [0.29, 0.717) is 12.1 Å². The van der Waals surface area contributed by atoms with Gasteiger partial charge in [-0.15, -0.1) is 0 Å². The third kappa shape index (κ3) is 6.21. The number of methoxy groups -OCH3 is 1. The van der Waals surface area contributed by atoms with E-state index < -0.39 is 40.9 Å². The number of halogens is 6. The Morgan fingerprint density at radius 1 is 0.862 bits per heavy atom. The zero-order valence-corrected chi connectivity index (χ0v) is 14.7. The van der Waals surface area contributed by atoms with Crippen LogP contribution in [0.1, 0.15) is 21.5 Å². The van der Waals surface area contributed by atoms with Crippen molar-refractivity contribution in [3.8, 4) is 0 Å². The minimum absolute atomic E-state index is 0.0520. The molecule has 5 nitrogen and oxygen atoms in total. The van der Waals surface area contributed by atoms with E-state index in [-0.39, 0.29) is 24.0 Å².